The van der Waals surface area contributed by atoms with Crippen LogP contribution in [-0.2, 0) is 6.54 Å². The molecule has 3 rings (SSSR count). The van der Waals surface area contributed by atoms with E-state index in [4.69, 9.17) is 0 Å². The van der Waals surface area contributed by atoms with Crippen molar-refractivity contribution in [2.24, 2.45) is 0 Å². The van der Waals surface area contributed by atoms with E-state index in [1.807, 2.05) is 0 Å². The average molecular weight is 240 g/mol. The zero-order chi connectivity index (χ0) is 12.5. The van der Waals surface area contributed by atoms with Gasteiger partial charge in [0.1, 0.15) is 0 Å². The van der Waals surface area contributed by atoms with Gasteiger partial charge in [0.05, 0.1) is 6.04 Å². The van der Waals surface area contributed by atoms with Crippen LogP contribution in [0.4, 0.5) is 0 Å². The standard InChI is InChI=1S/C16H20N2/c1-12-6-7-14(11-13(12)2)16-15-5-3-9-18(15)10-4-8-17-16/h3,5-7,9,11,16-17H,4,8,10H2,1-2H3. The molecule has 2 nitrogen and oxygen atoms in total. The van der Waals surface area contributed by atoms with Crippen LogP contribution >= 0.6 is 0 Å². The minimum Gasteiger partial charge on any atom is -0.350 e. The van der Waals surface area contributed by atoms with Crippen molar-refractivity contribution in [1.82, 2.24) is 9.88 Å². The molecule has 1 N–H and O–H groups in total. The summed E-state index contributed by atoms with van der Waals surface area (Å²) in [6, 6.07) is 11.5. The van der Waals surface area contributed by atoms with Crippen LogP contribution in [0.3, 0.4) is 0 Å². The van der Waals surface area contributed by atoms with Crippen molar-refractivity contribution >= 4 is 0 Å². The first-order chi connectivity index (χ1) is 8.75. The van der Waals surface area contributed by atoms with E-state index in [-0.39, 0.29) is 0 Å². The maximum atomic E-state index is 3.67. The number of aryl methyl sites for hydroxylation is 3. The smallest absolute Gasteiger partial charge is 0.0731 e. The van der Waals surface area contributed by atoms with E-state index in [0.717, 1.165) is 13.1 Å². The Kier molecular flexibility index (Phi) is 2.96. The molecule has 1 aliphatic rings. The van der Waals surface area contributed by atoms with Crippen LogP contribution < -0.4 is 5.32 Å². The quantitative estimate of drug-likeness (QED) is 0.810. The molecule has 0 fully saturated rings. The summed E-state index contributed by atoms with van der Waals surface area (Å²) in [5.41, 5.74) is 5.50. The fraction of sp³-hybridized carbons (Fsp3) is 0.375. The number of nitrogens with one attached hydrogen (secondary N) is 1. The summed E-state index contributed by atoms with van der Waals surface area (Å²) < 4.78 is 2.37. The molecule has 0 spiro atoms. The van der Waals surface area contributed by atoms with Crippen LogP contribution in [0, 0.1) is 13.8 Å². The third kappa shape index (κ3) is 1.97. The summed E-state index contributed by atoms with van der Waals surface area (Å²) in [5, 5.41) is 3.67. The monoisotopic (exact) mass is 240 g/mol. The maximum absolute atomic E-state index is 3.67. The Morgan fingerprint density at radius 1 is 1.17 bits per heavy atom. The maximum Gasteiger partial charge on any atom is 0.0731 e. The Labute approximate surface area is 109 Å². The Balaban J connectivity index is 2.03. The second kappa shape index (κ2) is 4.62. The molecule has 0 saturated heterocycles. The van der Waals surface area contributed by atoms with Crippen molar-refractivity contribution in [2.75, 3.05) is 6.54 Å². The molecule has 0 aliphatic carbocycles. The SMILES string of the molecule is Cc1ccc(C2NCCCn3cccc32)cc1C. The van der Waals surface area contributed by atoms with E-state index in [9.17, 15) is 0 Å². The van der Waals surface area contributed by atoms with Crippen LogP contribution in [0.25, 0.3) is 0 Å². The van der Waals surface area contributed by atoms with Gasteiger partial charge in [0.25, 0.3) is 0 Å². The van der Waals surface area contributed by atoms with Gasteiger partial charge < -0.3 is 9.88 Å². The fourth-order valence-electron chi connectivity index (χ4n) is 2.73. The third-order valence-corrected chi connectivity index (χ3v) is 3.95. The van der Waals surface area contributed by atoms with Gasteiger partial charge in [0.2, 0.25) is 0 Å². The summed E-state index contributed by atoms with van der Waals surface area (Å²) in [7, 11) is 0. The van der Waals surface area contributed by atoms with Crippen LogP contribution in [0.1, 0.15) is 34.8 Å². The lowest BCUT2D eigenvalue weighted by Crippen LogP contribution is -2.22. The van der Waals surface area contributed by atoms with Crippen molar-refractivity contribution in [1.29, 1.82) is 0 Å². The lowest BCUT2D eigenvalue weighted by atomic mass is 9.99. The highest BCUT2D eigenvalue weighted by atomic mass is 15.1. The van der Waals surface area contributed by atoms with Gasteiger partial charge in [-0.15, -0.1) is 0 Å². The van der Waals surface area contributed by atoms with E-state index in [1.165, 1.54) is 28.8 Å². The molecule has 1 aliphatic heterocycles. The van der Waals surface area contributed by atoms with Gasteiger partial charge in [0, 0.05) is 18.4 Å². The van der Waals surface area contributed by atoms with E-state index < -0.39 is 0 Å². The van der Waals surface area contributed by atoms with E-state index in [1.54, 1.807) is 0 Å². The molecule has 2 aromatic rings. The van der Waals surface area contributed by atoms with Crippen molar-refractivity contribution in [3.8, 4) is 0 Å². The summed E-state index contributed by atoms with van der Waals surface area (Å²) >= 11 is 0. The third-order valence-electron chi connectivity index (χ3n) is 3.95. The molecule has 0 radical (unpaired) electrons. The predicted molar refractivity (Wildman–Crippen MR) is 74.8 cm³/mol. The Hall–Kier alpha value is -1.54. The molecule has 2 heteroatoms. The van der Waals surface area contributed by atoms with Crippen molar-refractivity contribution in [3.63, 3.8) is 0 Å². The molecule has 94 valence electrons. The van der Waals surface area contributed by atoms with Crippen LogP contribution in [-0.4, -0.2) is 11.1 Å². The van der Waals surface area contributed by atoms with Crippen molar-refractivity contribution < 1.29 is 0 Å². The molecular weight excluding hydrogens is 220 g/mol. The van der Waals surface area contributed by atoms with Gasteiger partial charge in [-0.3, -0.25) is 0 Å². The predicted octanol–water partition coefficient (Wildman–Crippen LogP) is 3.19. The van der Waals surface area contributed by atoms with Gasteiger partial charge in [-0.25, -0.2) is 0 Å². The molecule has 1 aromatic carbocycles. The molecule has 2 heterocycles. The highest BCUT2D eigenvalue weighted by molar-refractivity contribution is 5.36. The molecule has 1 unspecified atom stereocenters. The first-order valence-electron chi connectivity index (χ1n) is 6.71. The molecular formula is C16H20N2. The van der Waals surface area contributed by atoms with Crippen molar-refractivity contribution in [3.05, 3.63) is 58.9 Å². The second-order valence-electron chi connectivity index (χ2n) is 5.21. The first kappa shape index (κ1) is 11.5. The van der Waals surface area contributed by atoms with Crippen molar-refractivity contribution in [2.45, 2.75) is 32.9 Å². The highest BCUT2D eigenvalue weighted by Gasteiger charge is 2.19. The number of rotatable bonds is 1. The second-order valence-corrected chi connectivity index (χ2v) is 5.21. The zero-order valence-corrected chi connectivity index (χ0v) is 11.1. The normalized spacial score (nSPS) is 19.3. The Bertz CT molecular complexity index is 554. The van der Waals surface area contributed by atoms with E-state index >= 15 is 0 Å². The van der Waals surface area contributed by atoms with Gasteiger partial charge >= 0.3 is 0 Å². The molecule has 1 aromatic heterocycles. The fourth-order valence-corrected chi connectivity index (χ4v) is 2.73. The Morgan fingerprint density at radius 3 is 2.89 bits per heavy atom. The largest absolute Gasteiger partial charge is 0.350 e. The lowest BCUT2D eigenvalue weighted by Gasteiger charge is -2.19. The number of nitrogens with zero attached hydrogens (tertiary/aromatic N) is 1. The summed E-state index contributed by atoms with van der Waals surface area (Å²) in [4.78, 5) is 0. The van der Waals surface area contributed by atoms with Gasteiger partial charge in [0.15, 0.2) is 0 Å². The van der Waals surface area contributed by atoms with Gasteiger partial charge in [-0.1, -0.05) is 18.2 Å². The number of hydrogen-bond donors (Lipinski definition) is 1. The average Bonchev–Trinajstić information content (AvgIpc) is 2.73. The molecule has 1 atom stereocenters. The molecule has 18 heavy (non-hydrogen) atoms. The lowest BCUT2D eigenvalue weighted by molar-refractivity contribution is 0.608. The number of hydrogen-bond acceptors (Lipinski definition) is 1. The van der Waals surface area contributed by atoms with E-state index in [0.29, 0.717) is 6.04 Å². The highest BCUT2D eigenvalue weighted by Crippen LogP contribution is 2.26. The molecule has 0 bridgehead atoms. The van der Waals surface area contributed by atoms with Gasteiger partial charge in [-0.05, 0) is 55.6 Å². The minimum atomic E-state index is 0.335. The number of fused-ring (bicyclic) bond motifs is 1. The van der Waals surface area contributed by atoms with E-state index in [2.05, 4.69) is 60.3 Å². The number of aromatic nitrogens is 1. The van der Waals surface area contributed by atoms with Crippen LogP contribution in [0.15, 0.2) is 36.5 Å². The first-order valence-corrected chi connectivity index (χ1v) is 6.71. The van der Waals surface area contributed by atoms with Crippen LogP contribution in [0.5, 0.6) is 0 Å². The van der Waals surface area contributed by atoms with Crippen LogP contribution in [0.2, 0.25) is 0 Å². The molecule has 0 saturated carbocycles. The topological polar surface area (TPSA) is 17.0 Å². The summed E-state index contributed by atoms with van der Waals surface area (Å²) in [6.45, 7) is 6.56. The van der Waals surface area contributed by atoms with Gasteiger partial charge in [-0.2, -0.15) is 0 Å². The number of benzene rings is 1. The minimum absolute atomic E-state index is 0.335. The summed E-state index contributed by atoms with van der Waals surface area (Å²) in [6.07, 6.45) is 3.39. The molecule has 0 amide bonds. The summed E-state index contributed by atoms with van der Waals surface area (Å²) in [5.74, 6) is 0. The zero-order valence-electron chi connectivity index (χ0n) is 11.1. The Morgan fingerprint density at radius 2 is 2.06 bits per heavy atom.